The monoisotopic (exact) mass is 264 g/mol. The van der Waals surface area contributed by atoms with Gasteiger partial charge in [-0.15, -0.1) is 0 Å². The van der Waals surface area contributed by atoms with Crippen molar-refractivity contribution in [3.8, 4) is 0 Å². The molecule has 0 atom stereocenters. The van der Waals surface area contributed by atoms with Gasteiger partial charge in [-0.25, -0.2) is 13.8 Å². The normalized spacial score (nSPS) is 10.3. The van der Waals surface area contributed by atoms with E-state index in [9.17, 15) is 8.78 Å². The highest BCUT2D eigenvalue weighted by molar-refractivity contribution is 5.55. The fourth-order valence-corrected chi connectivity index (χ4v) is 1.48. The molecule has 0 aliphatic rings. The van der Waals surface area contributed by atoms with Gasteiger partial charge in [0.05, 0.1) is 5.69 Å². The smallest absolute Gasteiger partial charge is 0.229 e. The summed E-state index contributed by atoms with van der Waals surface area (Å²) < 4.78 is 26.2. The van der Waals surface area contributed by atoms with Gasteiger partial charge in [0.2, 0.25) is 5.95 Å². The van der Waals surface area contributed by atoms with Gasteiger partial charge >= 0.3 is 0 Å². The molecule has 0 fully saturated rings. The van der Waals surface area contributed by atoms with Crippen LogP contribution in [0.25, 0.3) is 0 Å². The Kier molecular flexibility index (Phi) is 4.22. The van der Waals surface area contributed by atoms with Crippen LogP contribution in [0.4, 0.5) is 26.2 Å². The van der Waals surface area contributed by atoms with Crippen molar-refractivity contribution in [1.29, 1.82) is 0 Å². The largest absolute Gasteiger partial charge is 0.370 e. The Balaban J connectivity index is 2.14. The second-order valence-electron chi connectivity index (χ2n) is 3.94. The van der Waals surface area contributed by atoms with Crippen LogP contribution >= 0.6 is 0 Å². The Morgan fingerprint density at radius 3 is 2.79 bits per heavy atom. The van der Waals surface area contributed by atoms with Gasteiger partial charge in [0, 0.05) is 18.8 Å². The van der Waals surface area contributed by atoms with Crippen LogP contribution in [0.1, 0.15) is 13.3 Å². The number of aromatic nitrogens is 2. The summed E-state index contributed by atoms with van der Waals surface area (Å²) in [7, 11) is 0. The molecule has 0 saturated heterocycles. The summed E-state index contributed by atoms with van der Waals surface area (Å²) in [4.78, 5) is 8.16. The van der Waals surface area contributed by atoms with Gasteiger partial charge in [-0.05, 0) is 24.6 Å². The van der Waals surface area contributed by atoms with E-state index in [2.05, 4.69) is 20.6 Å². The van der Waals surface area contributed by atoms with Crippen LogP contribution in [0, 0.1) is 11.6 Å². The molecule has 0 radical (unpaired) electrons. The molecule has 4 nitrogen and oxygen atoms in total. The van der Waals surface area contributed by atoms with Crippen molar-refractivity contribution in [1.82, 2.24) is 9.97 Å². The Morgan fingerprint density at radius 2 is 2.05 bits per heavy atom. The van der Waals surface area contributed by atoms with Crippen molar-refractivity contribution in [2.75, 3.05) is 17.2 Å². The van der Waals surface area contributed by atoms with E-state index in [1.54, 1.807) is 12.3 Å². The van der Waals surface area contributed by atoms with Gasteiger partial charge in [0.25, 0.3) is 0 Å². The molecule has 2 rings (SSSR count). The first kappa shape index (κ1) is 13.2. The second kappa shape index (κ2) is 6.08. The highest BCUT2D eigenvalue weighted by atomic mass is 19.1. The van der Waals surface area contributed by atoms with Gasteiger partial charge in [-0.2, -0.15) is 4.98 Å². The molecule has 0 spiro atoms. The van der Waals surface area contributed by atoms with Crippen LogP contribution in [0.2, 0.25) is 0 Å². The number of hydrogen-bond acceptors (Lipinski definition) is 4. The van der Waals surface area contributed by atoms with E-state index in [1.165, 1.54) is 12.1 Å². The maximum absolute atomic E-state index is 13.5. The third-order valence-electron chi connectivity index (χ3n) is 2.39. The van der Waals surface area contributed by atoms with Crippen LogP contribution in [-0.4, -0.2) is 16.5 Å². The number of nitrogens with one attached hydrogen (secondary N) is 2. The van der Waals surface area contributed by atoms with Gasteiger partial charge in [0.1, 0.15) is 17.5 Å². The van der Waals surface area contributed by atoms with Gasteiger partial charge < -0.3 is 10.6 Å². The van der Waals surface area contributed by atoms with Crippen LogP contribution < -0.4 is 10.6 Å². The standard InChI is InChI=1S/C13H14F2N4/c1-2-6-16-12-5-7-17-13(19-12)18-11-4-3-9(14)8-10(11)15/h3-5,7-8H,2,6H2,1H3,(H2,16,17,18,19). The van der Waals surface area contributed by atoms with E-state index in [4.69, 9.17) is 0 Å². The lowest BCUT2D eigenvalue weighted by molar-refractivity contribution is 0.586. The Hall–Kier alpha value is -2.24. The average molecular weight is 264 g/mol. The van der Waals surface area contributed by atoms with Crippen molar-refractivity contribution in [2.24, 2.45) is 0 Å². The highest BCUT2D eigenvalue weighted by Crippen LogP contribution is 2.18. The minimum atomic E-state index is -0.685. The number of benzene rings is 1. The van der Waals surface area contributed by atoms with E-state index in [0.29, 0.717) is 5.82 Å². The van der Waals surface area contributed by atoms with E-state index >= 15 is 0 Å². The molecule has 1 heterocycles. The fourth-order valence-electron chi connectivity index (χ4n) is 1.48. The van der Waals surface area contributed by atoms with Gasteiger partial charge in [0.15, 0.2) is 0 Å². The summed E-state index contributed by atoms with van der Waals surface area (Å²) in [6, 6.07) is 5.01. The number of hydrogen-bond donors (Lipinski definition) is 2. The maximum Gasteiger partial charge on any atom is 0.229 e. The molecule has 19 heavy (non-hydrogen) atoms. The first-order valence-corrected chi connectivity index (χ1v) is 5.98. The molecule has 100 valence electrons. The van der Waals surface area contributed by atoms with E-state index in [-0.39, 0.29) is 11.6 Å². The first-order chi connectivity index (χ1) is 9.19. The maximum atomic E-state index is 13.5. The van der Waals surface area contributed by atoms with Crippen LogP contribution in [-0.2, 0) is 0 Å². The number of rotatable bonds is 5. The minimum absolute atomic E-state index is 0.133. The zero-order valence-electron chi connectivity index (χ0n) is 10.5. The van der Waals surface area contributed by atoms with Gasteiger partial charge in [-0.1, -0.05) is 6.92 Å². The summed E-state index contributed by atoms with van der Waals surface area (Å²) in [5.74, 6) is -0.397. The highest BCUT2D eigenvalue weighted by Gasteiger charge is 2.06. The molecule has 0 aliphatic heterocycles. The quantitative estimate of drug-likeness (QED) is 0.869. The zero-order valence-corrected chi connectivity index (χ0v) is 10.5. The number of anilines is 3. The third-order valence-corrected chi connectivity index (χ3v) is 2.39. The predicted octanol–water partition coefficient (Wildman–Crippen LogP) is 3.32. The second-order valence-corrected chi connectivity index (χ2v) is 3.94. The first-order valence-electron chi connectivity index (χ1n) is 5.98. The van der Waals surface area contributed by atoms with Crippen LogP contribution in [0.15, 0.2) is 30.5 Å². The molecule has 0 saturated carbocycles. The fraction of sp³-hybridized carbons (Fsp3) is 0.231. The molecule has 0 unspecified atom stereocenters. The Bertz CT molecular complexity index is 560. The summed E-state index contributed by atoms with van der Waals surface area (Å²) in [5.41, 5.74) is 0.133. The van der Waals surface area contributed by atoms with Crippen molar-refractivity contribution in [3.63, 3.8) is 0 Å². The van der Waals surface area contributed by atoms with E-state index in [0.717, 1.165) is 19.0 Å². The van der Waals surface area contributed by atoms with E-state index < -0.39 is 11.6 Å². The van der Waals surface area contributed by atoms with E-state index in [1.807, 2.05) is 6.92 Å². The zero-order chi connectivity index (χ0) is 13.7. The summed E-state index contributed by atoms with van der Waals surface area (Å²) in [5, 5.41) is 5.81. The third kappa shape index (κ3) is 3.61. The predicted molar refractivity (Wildman–Crippen MR) is 70.5 cm³/mol. The number of halogens is 2. The molecule has 2 N–H and O–H groups in total. The summed E-state index contributed by atoms with van der Waals surface area (Å²) >= 11 is 0. The van der Waals surface area contributed by atoms with Crippen molar-refractivity contribution < 1.29 is 8.78 Å². The lowest BCUT2D eigenvalue weighted by Crippen LogP contribution is -2.05. The van der Waals surface area contributed by atoms with Crippen molar-refractivity contribution >= 4 is 17.5 Å². The molecule has 0 amide bonds. The molecular formula is C13H14F2N4. The lowest BCUT2D eigenvalue weighted by atomic mass is 10.3. The molecule has 6 heteroatoms. The van der Waals surface area contributed by atoms with Crippen molar-refractivity contribution in [3.05, 3.63) is 42.1 Å². The number of nitrogens with zero attached hydrogens (tertiary/aromatic N) is 2. The Morgan fingerprint density at radius 1 is 1.21 bits per heavy atom. The lowest BCUT2D eigenvalue weighted by Gasteiger charge is -2.08. The summed E-state index contributed by atoms with van der Waals surface area (Å²) in [6.45, 7) is 2.84. The molecule has 1 aromatic carbocycles. The molecule has 0 aliphatic carbocycles. The molecule has 1 aromatic heterocycles. The van der Waals surface area contributed by atoms with Gasteiger partial charge in [-0.3, -0.25) is 0 Å². The summed E-state index contributed by atoms with van der Waals surface area (Å²) in [6.07, 6.45) is 2.54. The molecular weight excluding hydrogens is 250 g/mol. The molecule has 2 aromatic rings. The topological polar surface area (TPSA) is 49.8 Å². The minimum Gasteiger partial charge on any atom is -0.370 e. The van der Waals surface area contributed by atoms with Crippen molar-refractivity contribution in [2.45, 2.75) is 13.3 Å². The van der Waals surface area contributed by atoms with Crippen LogP contribution in [0.3, 0.4) is 0 Å². The Labute approximate surface area is 109 Å². The average Bonchev–Trinajstić information content (AvgIpc) is 2.40. The van der Waals surface area contributed by atoms with Crippen LogP contribution in [0.5, 0.6) is 0 Å². The molecule has 0 bridgehead atoms. The SMILES string of the molecule is CCCNc1ccnc(Nc2ccc(F)cc2F)n1.